The Labute approximate surface area is 126 Å². The molecular weight excluding hydrogens is 318 g/mol. The number of sulfonamides is 1. The van der Waals surface area contributed by atoms with Crippen molar-refractivity contribution >= 4 is 43.9 Å². The van der Waals surface area contributed by atoms with Crippen LogP contribution in [0.25, 0.3) is 4.96 Å². The Morgan fingerprint density at radius 1 is 1.50 bits per heavy atom. The van der Waals surface area contributed by atoms with Crippen LogP contribution in [0.2, 0.25) is 0 Å². The molecule has 0 aliphatic rings. The second kappa shape index (κ2) is 6.76. The van der Waals surface area contributed by atoms with Crippen molar-refractivity contribution in [2.24, 2.45) is 5.84 Å². The van der Waals surface area contributed by atoms with E-state index in [-0.39, 0.29) is 10.8 Å². The molecule has 0 bridgehead atoms. The van der Waals surface area contributed by atoms with Crippen molar-refractivity contribution in [2.45, 2.75) is 17.9 Å². The molecule has 0 amide bonds. The van der Waals surface area contributed by atoms with Gasteiger partial charge in [0.1, 0.15) is 0 Å². The van der Waals surface area contributed by atoms with Crippen LogP contribution in [0.5, 0.6) is 0 Å². The smallest absolute Gasteiger partial charge is 0.260 e. The normalized spacial score (nSPS) is 12.1. The maximum Gasteiger partial charge on any atom is 0.260 e. The first-order valence-corrected chi connectivity index (χ1v) is 9.76. The lowest BCUT2D eigenvalue weighted by atomic mass is 10.3. The number of nitrogens with two attached hydrogens (primary N) is 1. The van der Waals surface area contributed by atoms with Crippen LogP contribution in [-0.4, -0.2) is 36.4 Å². The second-order valence-electron chi connectivity index (χ2n) is 4.06. The van der Waals surface area contributed by atoms with Gasteiger partial charge in [0.25, 0.3) is 10.0 Å². The summed E-state index contributed by atoms with van der Waals surface area (Å²) in [5, 5.41) is 1.83. The Morgan fingerprint density at radius 3 is 3.00 bits per heavy atom. The van der Waals surface area contributed by atoms with E-state index < -0.39 is 10.0 Å². The number of hydrogen-bond donors (Lipinski definition) is 3. The highest BCUT2D eigenvalue weighted by molar-refractivity contribution is 7.98. The van der Waals surface area contributed by atoms with Crippen LogP contribution in [-0.2, 0) is 10.0 Å². The molecule has 0 aliphatic heterocycles. The summed E-state index contributed by atoms with van der Waals surface area (Å²) in [7, 11) is -3.64. The van der Waals surface area contributed by atoms with Gasteiger partial charge in [-0.25, -0.2) is 19.0 Å². The molecule has 0 saturated heterocycles. The number of rotatable bonds is 8. The van der Waals surface area contributed by atoms with Gasteiger partial charge in [0.15, 0.2) is 10.8 Å². The fraction of sp³-hybridized carbons (Fsp3) is 0.500. The number of anilines is 1. The predicted octanol–water partition coefficient (Wildman–Crippen LogP) is 1.10. The van der Waals surface area contributed by atoms with Gasteiger partial charge in [0.05, 0.1) is 0 Å². The minimum atomic E-state index is -3.64. The topological polar surface area (TPSA) is 102 Å². The molecule has 20 heavy (non-hydrogen) atoms. The number of aromatic nitrogens is 2. The Bertz CT molecular complexity index is 664. The standard InChI is InChI=1S/C10H17N5O2S3/c1-18-6-3-2-4-12-20(16,17)9-8(14-11)13-10-15(9)5-7-19-10/h5,7,12,14H,2-4,6,11H2,1H3. The van der Waals surface area contributed by atoms with E-state index in [1.54, 1.807) is 23.3 Å². The lowest BCUT2D eigenvalue weighted by molar-refractivity contribution is 0.574. The Kier molecular flexibility index (Phi) is 5.27. The van der Waals surface area contributed by atoms with Crippen molar-refractivity contribution < 1.29 is 8.42 Å². The van der Waals surface area contributed by atoms with E-state index in [4.69, 9.17) is 5.84 Å². The number of imidazole rings is 1. The summed E-state index contributed by atoms with van der Waals surface area (Å²) in [6.45, 7) is 0.407. The monoisotopic (exact) mass is 335 g/mol. The number of thiazole rings is 1. The SMILES string of the molecule is CSCCCCNS(=O)(=O)c1c(NN)nc2sccn12. The third kappa shape index (κ3) is 3.26. The van der Waals surface area contributed by atoms with Crippen LogP contribution in [0, 0.1) is 0 Å². The van der Waals surface area contributed by atoms with Gasteiger partial charge in [-0.3, -0.25) is 4.40 Å². The predicted molar refractivity (Wildman–Crippen MR) is 83.7 cm³/mol. The molecule has 0 saturated carbocycles. The zero-order chi connectivity index (χ0) is 14.6. The first-order chi connectivity index (χ1) is 9.60. The van der Waals surface area contributed by atoms with Crippen molar-refractivity contribution in [1.82, 2.24) is 14.1 Å². The van der Waals surface area contributed by atoms with E-state index in [0.717, 1.165) is 18.6 Å². The summed E-state index contributed by atoms with van der Waals surface area (Å²) >= 11 is 3.10. The molecule has 2 aromatic heterocycles. The van der Waals surface area contributed by atoms with Crippen molar-refractivity contribution in [3.05, 3.63) is 11.6 Å². The molecule has 4 N–H and O–H groups in total. The lowest BCUT2D eigenvalue weighted by Gasteiger charge is -2.07. The Morgan fingerprint density at radius 2 is 2.30 bits per heavy atom. The summed E-state index contributed by atoms with van der Waals surface area (Å²) in [4.78, 5) is 4.72. The third-order valence-corrected chi connectivity index (χ3v) is 5.61. The molecule has 2 aromatic rings. The van der Waals surface area contributed by atoms with Crippen molar-refractivity contribution in [3.8, 4) is 0 Å². The minimum absolute atomic E-state index is 0.0566. The van der Waals surface area contributed by atoms with Crippen LogP contribution in [0.3, 0.4) is 0 Å². The quantitative estimate of drug-likeness (QED) is 0.379. The maximum absolute atomic E-state index is 12.3. The first kappa shape index (κ1) is 15.6. The van der Waals surface area contributed by atoms with Crippen LogP contribution >= 0.6 is 23.1 Å². The number of thioether (sulfide) groups is 1. The van der Waals surface area contributed by atoms with E-state index >= 15 is 0 Å². The number of hydrazine groups is 1. The average molecular weight is 335 g/mol. The van der Waals surface area contributed by atoms with Gasteiger partial charge in [-0.1, -0.05) is 0 Å². The van der Waals surface area contributed by atoms with E-state index in [0.29, 0.717) is 11.5 Å². The van der Waals surface area contributed by atoms with Gasteiger partial charge in [0.2, 0.25) is 5.03 Å². The molecule has 2 rings (SSSR count). The van der Waals surface area contributed by atoms with E-state index in [1.165, 1.54) is 15.7 Å². The largest absolute Gasteiger partial charge is 0.306 e. The fourth-order valence-electron chi connectivity index (χ4n) is 1.76. The first-order valence-electron chi connectivity index (χ1n) is 6.01. The highest BCUT2D eigenvalue weighted by Gasteiger charge is 2.25. The molecule has 112 valence electrons. The van der Waals surface area contributed by atoms with Gasteiger partial charge in [0, 0.05) is 18.1 Å². The molecule has 0 unspecified atom stereocenters. The summed E-state index contributed by atoms with van der Waals surface area (Å²) in [5.41, 5.74) is 2.34. The molecule has 0 aromatic carbocycles. The minimum Gasteiger partial charge on any atom is -0.306 e. The number of nitrogens with zero attached hydrogens (tertiary/aromatic N) is 2. The molecule has 7 nitrogen and oxygen atoms in total. The van der Waals surface area contributed by atoms with Crippen molar-refractivity contribution in [3.63, 3.8) is 0 Å². The summed E-state index contributed by atoms with van der Waals surface area (Å²) in [5.74, 6) is 6.54. The van der Waals surface area contributed by atoms with Gasteiger partial charge in [-0.15, -0.1) is 11.3 Å². The fourth-order valence-corrected chi connectivity index (χ4v) is 4.34. The zero-order valence-electron chi connectivity index (χ0n) is 11.0. The maximum atomic E-state index is 12.3. The number of unbranched alkanes of at least 4 members (excludes halogenated alkanes) is 1. The molecule has 0 spiro atoms. The number of fused-ring (bicyclic) bond motifs is 1. The van der Waals surface area contributed by atoms with Gasteiger partial charge in [-0.05, 0) is 24.9 Å². The summed E-state index contributed by atoms with van der Waals surface area (Å²) in [6.07, 6.45) is 5.47. The third-order valence-electron chi connectivity index (χ3n) is 2.68. The van der Waals surface area contributed by atoms with Crippen LogP contribution < -0.4 is 16.0 Å². The molecule has 0 aliphatic carbocycles. The van der Waals surface area contributed by atoms with E-state index in [9.17, 15) is 8.42 Å². The van der Waals surface area contributed by atoms with E-state index in [2.05, 4.69) is 15.1 Å². The highest BCUT2D eigenvalue weighted by atomic mass is 32.2. The molecule has 0 radical (unpaired) electrons. The second-order valence-corrected chi connectivity index (χ2v) is 7.60. The van der Waals surface area contributed by atoms with Crippen molar-refractivity contribution in [2.75, 3.05) is 24.0 Å². The van der Waals surface area contributed by atoms with Gasteiger partial charge < -0.3 is 5.43 Å². The summed E-state index contributed by atoms with van der Waals surface area (Å²) in [6, 6.07) is 0. The molecule has 0 atom stereocenters. The number of hydrogen-bond acceptors (Lipinski definition) is 7. The number of nitrogen functional groups attached to an aromatic ring is 1. The van der Waals surface area contributed by atoms with E-state index in [1.807, 2.05) is 6.26 Å². The average Bonchev–Trinajstić information content (AvgIpc) is 2.97. The van der Waals surface area contributed by atoms with Crippen LogP contribution in [0.15, 0.2) is 16.6 Å². The molecule has 10 heteroatoms. The Balaban J connectivity index is 2.16. The van der Waals surface area contributed by atoms with Crippen LogP contribution in [0.4, 0.5) is 5.82 Å². The number of nitrogens with one attached hydrogen (secondary N) is 2. The Hall–Kier alpha value is -0.810. The highest BCUT2D eigenvalue weighted by Crippen LogP contribution is 2.24. The van der Waals surface area contributed by atoms with Gasteiger partial charge in [-0.2, -0.15) is 16.7 Å². The molecule has 2 heterocycles. The zero-order valence-corrected chi connectivity index (χ0v) is 13.4. The van der Waals surface area contributed by atoms with Crippen LogP contribution in [0.1, 0.15) is 12.8 Å². The van der Waals surface area contributed by atoms with Gasteiger partial charge >= 0.3 is 0 Å². The molecule has 0 fully saturated rings. The lowest BCUT2D eigenvalue weighted by Crippen LogP contribution is -2.27. The van der Waals surface area contributed by atoms with Crippen molar-refractivity contribution in [1.29, 1.82) is 0 Å². The summed E-state index contributed by atoms with van der Waals surface area (Å²) < 4.78 is 28.8. The molecular formula is C10H17N5O2S3.